The van der Waals surface area contributed by atoms with Crippen LogP contribution in [0.5, 0.6) is 0 Å². The summed E-state index contributed by atoms with van der Waals surface area (Å²) in [6.45, 7) is 1.61. The fourth-order valence-corrected chi connectivity index (χ4v) is 3.10. The number of hydrogen-bond acceptors (Lipinski definition) is 6. The standard InChI is InChI=1S/C20H24N4O3/c25-14-18(7-6-15-4-2-1-3-5-15)23-17-8-10-24(11-9-17)20-21-12-16(13-22-20)19(26)27/h1-7,12-13,17-18,23,25H,8-11,14H2,(H,26,27)/b7-6+. The van der Waals surface area contributed by atoms with Crippen LogP contribution in [0.3, 0.4) is 0 Å². The van der Waals surface area contributed by atoms with Crippen molar-refractivity contribution in [2.45, 2.75) is 24.9 Å². The quantitative estimate of drug-likeness (QED) is 0.685. The number of hydrogen-bond donors (Lipinski definition) is 3. The highest BCUT2D eigenvalue weighted by Gasteiger charge is 2.22. The van der Waals surface area contributed by atoms with Crippen molar-refractivity contribution in [3.63, 3.8) is 0 Å². The van der Waals surface area contributed by atoms with Crippen LogP contribution in [0.4, 0.5) is 5.95 Å². The summed E-state index contributed by atoms with van der Waals surface area (Å²) in [5.74, 6) is -0.468. The van der Waals surface area contributed by atoms with E-state index in [1.165, 1.54) is 12.4 Å². The second-order valence-corrected chi connectivity index (χ2v) is 6.56. The van der Waals surface area contributed by atoms with Crippen molar-refractivity contribution in [3.05, 3.63) is 59.9 Å². The number of piperidine rings is 1. The number of rotatable bonds is 7. The Morgan fingerprint density at radius 1 is 1.22 bits per heavy atom. The third-order valence-corrected chi connectivity index (χ3v) is 4.63. The summed E-state index contributed by atoms with van der Waals surface area (Å²) in [4.78, 5) is 21.2. The lowest BCUT2D eigenvalue weighted by molar-refractivity contribution is 0.0696. The number of carbonyl (C=O) groups is 1. The summed E-state index contributed by atoms with van der Waals surface area (Å²) in [5.41, 5.74) is 1.20. The molecule has 27 heavy (non-hydrogen) atoms. The molecular formula is C20H24N4O3. The van der Waals surface area contributed by atoms with Crippen LogP contribution in [0.25, 0.3) is 6.08 Å². The second kappa shape index (κ2) is 9.25. The van der Waals surface area contributed by atoms with Gasteiger partial charge in [0.2, 0.25) is 5.95 Å². The molecule has 1 fully saturated rings. The normalized spacial score (nSPS) is 16.6. The topological polar surface area (TPSA) is 98.6 Å². The van der Waals surface area contributed by atoms with Gasteiger partial charge in [-0.05, 0) is 18.4 Å². The monoisotopic (exact) mass is 368 g/mol. The molecule has 0 radical (unpaired) electrons. The fraction of sp³-hybridized carbons (Fsp3) is 0.350. The zero-order valence-corrected chi connectivity index (χ0v) is 15.0. The van der Waals surface area contributed by atoms with Crippen molar-refractivity contribution in [2.75, 3.05) is 24.6 Å². The minimum Gasteiger partial charge on any atom is -0.478 e. The van der Waals surface area contributed by atoms with E-state index in [-0.39, 0.29) is 18.2 Å². The molecule has 142 valence electrons. The maximum absolute atomic E-state index is 10.9. The molecule has 7 nitrogen and oxygen atoms in total. The minimum atomic E-state index is -1.02. The number of benzene rings is 1. The van der Waals surface area contributed by atoms with Gasteiger partial charge in [-0.25, -0.2) is 14.8 Å². The van der Waals surface area contributed by atoms with Crippen LogP contribution in [0.2, 0.25) is 0 Å². The fourth-order valence-electron chi connectivity index (χ4n) is 3.10. The first-order chi connectivity index (χ1) is 13.2. The Morgan fingerprint density at radius 2 is 1.89 bits per heavy atom. The lowest BCUT2D eigenvalue weighted by atomic mass is 10.0. The van der Waals surface area contributed by atoms with Gasteiger partial charge in [0, 0.05) is 37.6 Å². The molecule has 0 bridgehead atoms. The lowest BCUT2D eigenvalue weighted by Crippen LogP contribution is -2.47. The Kier molecular flexibility index (Phi) is 6.51. The molecule has 1 aromatic carbocycles. The van der Waals surface area contributed by atoms with E-state index in [2.05, 4.69) is 20.2 Å². The summed E-state index contributed by atoms with van der Waals surface area (Å²) >= 11 is 0. The average Bonchev–Trinajstić information content (AvgIpc) is 2.72. The third-order valence-electron chi connectivity index (χ3n) is 4.63. The first-order valence-corrected chi connectivity index (χ1v) is 9.06. The SMILES string of the molecule is O=C(O)c1cnc(N2CCC(NC(/C=C/c3ccccc3)CO)CC2)nc1. The third kappa shape index (κ3) is 5.35. The van der Waals surface area contributed by atoms with Gasteiger partial charge >= 0.3 is 5.97 Å². The van der Waals surface area contributed by atoms with Crippen molar-refractivity contribution >= 4 is 18.0 Å². The maximum atomic E-state index is 10.9. The molecule has 1 atom stereocenters. The average molecular weight is 368 g/mol. The summed E-state index contributed by atoms with van der Waals surface area (Å²) in [5, 5.41) is 22.0. The highest BCUT2D eigenvalue weighted by Crippen LogP contribution is 2.16. The van der Waals surface area contributed by atoms with Crippen LogP contribution < -0.4 is 10.2 Å². The predicted molar refractivity (Wildman–Crippen MR) is 104 cm³/mol. The van der Waals surface area contributed by atoms with Gasteiger partial charge < -0.3 is 20.4 Å². The van der Waals surface area contributed by atoms with Crippen LogP contribution in [0, 0.1) is 0 Å². The van der Waals surface area contributed by atoms with E-state index in [1.54, 1.807) is 0 Å². The molecule has 1 aliphatic rings. The number of carboxylic acids is 1. The number of nitrogens with zero attached hydrogens (tertiary/aromatic N) is 3. The van der Waals surface area contributed by atoms with Gasteiger partial charge in [0.05, 0.1) is 12.2 Å². The molecule has 1 aromatic heterocycles. The number of aliphatic hydroxyl groups excluding tert-OH is 1. The molecule has 3 N–H and O–H groups in total. The minimum absolute atomic E-state index is 0.0449. The molecule has 0 saturated carbocycles. The molecule has 1 saturated heterocycles. The van der Waals surface area contributed by atoms with Gasteiger partial charge in [0.1, 0.15) is 0 Å². The molecule has 7 heteroatoms. The smallest absolute Gasteiger partial charge is 0.338 e. The number of carboxylic acid groups (broad SMARTS) is 1. The lowest BCUT2D eigenvalue weighted by Gasteiger charge is -2.33. The number of aliphatic hydroxyl groups is 1. The highest BCUT2D eigenvalue weighted by molar-refractivity contribution is 5.86. The van der Waals surface area contributed by atoms with Gasteiger partial charge in [-0.2, -0.15) is 0 Å². The summed E-state index contributed by atoms with van der Waals surface area (Å²) in [6.07, 6.45) is 8.49. The van der Waals surface area contributed by atoms with Crippen LogP contribution >= 0.6 is 0 Å². The summed E-state index contributed by atoms with van der Waals surface area (Å²) in [7, 11) is 0. The first-order valence-electron chi connectivity index (χ1n) is 9.06. The molecule has 2 heterocycles. The van der Waals surface area contributed by atoms with Crippen molar-refractivity contribution < 1.29 is 15.0 Å². The summed E-state index contributed by atoms with van der Waals surface area (Å²) < 4.78 is 0. The largest absolute Gasteiger partial charge is 0.478 e. The Morgan fingerprint density at radius 3 is 2.48 bits per heavy atom. The molecule has 1 aliphatic heterocycles. The maximum Gasteiger partial charge on any atom is 0.338 e. The Bertz CT molecular complexity index is 757. The number of anilines is 1. The first kappa shape index (κ1) is 19.0. The molecule has 0 aliphatic carbocycles. The van der Waals surface area contributed by atoms with Crippen molar-refractivity contribution in [1.29, 1.82) is 0 Å². The van der Waals surface area contributed by atoms with Gasteiger partial charge in [-0.3, -0.25) is 0 Å². The molecule has 0 spiro atoms. The Labute approximate surface area is 158 Å². The summed E-state index contributed by atoms with van der Waals surface area (Å²) in [6, 6.07) is 10.2. The van der Waals surface area contributed by atoms with E-state index in [0.717, 1.165) is 31.5 Å². The Hall–Kier alpha value is -2.77. The predicted octanol–water partition coefficient (Wildman–Crippen LogP) is 1.81. The number of aromatic nitrogens is 2. The van der Waals surface area contributed by atoms with Crippen molar-refractivity contribution in [2.24, 2.45) is 0 Å². The van der Waals surface area contributed by atoms with Gasteiger partial charge in [0.15, 0.2) is 0 Å². The van der Waals surface area contributed by atoms with Crippen molar-refractivity contribution in [1.82, 2.24) is 15.3 Å². The van der Waals surface area contributed by atoms with E-state index in [0.29, 0.717) is 12.0 Å². The van der Waals surface area contributed by atoms with Crippen LogP contribution in [0.1, 0.15) is 28.8 Å². The van der Waals surface area contributed by atoms with E-state index in [1.807, 2.05) is 42.5 Å². The van der Waals surface area contributed by atoms with Gasteiger partial charge in [-0.1, -0.05) is 42.5 Å². The molecule has 2 aromatic rings. The van der Waals surface area contributed by atoms with E-state index in [9.17, 15) is 9.90 Å². The Balaban J connectivity index is 1.50. The van der Waals surface area contributed by atoms with Crippen LogP contribution in [-0.2, 0) is 0 Å². The van der Waals surface area contributed by atoms with Crippen LogP contribution in [0.15, 0.2) is 48.8 Å². The second-order valence-electron chi connectivity index (χ2n) is 6.56. The molecule has 1 unspecified atom stereocenters. The van der Waals surface area contributed by atoms with Gasteiger partial charge in [0.25, 0.3) is 0 Å². The number of nitrogens with one attached hydrogen (secondary N) is 1. The van der Waals surface area contributed by atoms with Crippen molar-refractivity contribution in [3.8, 4) is 0 Å². The van der Waals surface area contributed by atoms with E-state index >= 15 is 0 Å². The van der Waals surface area contributed by atoms with Crippen LogP contribution in [-0.4, -0.2) is 57.9 Å². The van der Waals surface area contributed by atoms with Gasteiger partial charge in [-0.15, -0.1) is 0 Å². The number of aromatic carboxylic acids is 1. The zero-order chi connectivity index (χ0) is 19.1. The highest BCUT2D eigenvalue weighted by atomic mass is 16.4. The molecule has 3 rings (SSSR count). The van der Waals surface area contributed by atoms with E-state index < -0.39 is 5.97 Å². The zero-order valence-electron chi connectivity index (χ0n) is 15.0. The molecular weight excluding hydrogens is 344 g/mol. The molecule has 0 amide bonds. The van der Waals surface area contributed by atoms with E-state index in [4.69, 9.17) is 5.11 Å².